The summed E-state index contributed by atoms with van der Waals surface area (Å²) in [5, 5.41) is 17.6. The monoisotopic (exact) mass is 259 g/mol. The molecule has 0 atom stereocenters. The highest BCUT2D eigenvalue weighted by Crippen LogP contribution is 2.11. The van der Waals surface area contributed by atoms with Crippen molar-refractivity contribution in [1.82, 2.24) is 20.5 Å². The number of H-pyrrole nitrogens is 1. The summed E-state index contributed by atoms with van der Waals surface area (Å²) in [6.45, 7) is 0.349. The number of nitrogens with two attached hydrogens (primary N) is 1. The summed E-state index contributed by atoms with van der Waals surface area (Å²) in [4.78, 5) is 25.3. The van der Waals surface area contributed by atoms with Gasteiger partial charge in [0.15, 0.2) is 0 Å². The number of nitrogens with zero attached hydrogens (tertiary/aromatic N) is 2. The van der Waals surface area contributed by atoms with Gasteiger partial charge in [0.1, 0.15) is 0 Å². The predicted octanol–water partition coefficient (Wildman–Crippen LogP) is -0.540. The second-order valence-corrected chi connectivity index (χ2v) is 4.08. The molecule has 0 radical (unpaired) electrons. The van der Waals surface area contributed by atoms with Gasteiger partial charge in [0, 0.05) is 13.0 Å². The van der Waals surface area contributed by atoms with Gasteiger partial charge in [0.2, 0.25) is 17.0 Å². The predicted molar refractivity (Wildman–Crippen MR) is 61.4 cm³/mol. The van der Waals surface area contributed by atoms with Crippen LogP contribution in [0, 0.1) is 0 Å². The van der Waals surface area contributed by atoms with Crippen LogP contribution < -0.4 is 11.1 Å². The van der Waals surface area contributed by atoms with Crippen molar-refractivity contribution in [2.75, 3.05) is 18.0 Å². The van der Waals surface area contributed by atoms with E-state index in [4.69, 9.17) is 10.8 Å². The number of aromatic amines is 1. The molecule has 1 amide bonds. The van der Waals surface area contributed by atoms with Crippen molar-refractivity contribution in [3.63, 3.8) is 0 Å². The number of amides is 1. The molecular weight excluding hydrogens is 246 g/mol. The van der Waals surface area contributed by atoms with Gasteiger partial charge in [-0.3, -0.25) is 9.59 Å². The van der Waals surface area contributed by atoms with Crippen LogP contribution in [-0.2, 0) is 9.59 Å². The second-order valence-electron chi connectivity index (χ2n) is 3.14. The van der Waals surface area contributed by atoms with Crippen LogP contribution in [0.4, 0.5) is 5.95 Å². The van der Waals surface area contributed by atoms with Crippen LogP contribution in [-0.4, -0.2) is 44.5 Å². The molecule has 1 aromatic rings. The topological polar surface area (TPSA) is 134 Å². The lowest BCUT2D eigenvalue weighted by Gasteiger charge is -2.02. The van der Waals surface area contributed by atoms with E-state index in [0.29, 0.717) is 18.1 Å². The summed E-state index contributed by atoms with van der Waals surface area (Å²) in [6, 6.07) is 0. The van der Waals surface area contributed by atoms with Crippen molar-refractivity contribution in [3.8, 4) is 0 Å². The SMILES string of the molecule is Nc1nc(SCC(=O)NCCCC(=O)O)n[nH]1. The minimum absolute atomic E-state index is 0.0465. The lowest BCUT2D eigenvalue weighted by Crippen LogP contribution is -2.26. The van der Waals surface area contributed by atoms with E-state index in [9.17, 15) is 9.59 Å². The van der Waals surface area contributed by atoms with Crippen molar-refractivity contribution < 1.29 is 14.7 Å². The van der Waals surface area contributed by atoms with Crippen molar-refractivity contribution in [3.05, 3.63) is 0 Å². The van der Waals surface area contributed by atoms with Gasteiger partial charge >= 0.3 is 5.97 Å². The fourth-order valence-corrected chi connectivity index (χ4v) is 1.61. The number of aromatic nitrogens is 3. The molecule has 0 aliphatic carbocycles. The van der Waals surface area contributed by atoms with Crippen molar-refractivity contribution in [2.24, 2.45) is 0 Å². The molecule has 17 heavy (non-hydrogen) atoms. The van der Waals surface area contributed by atoms with Crippen molar-refractivity contribution in [2.45, 2.75) is 18.0 Å². The molecule has 0 spiro atoms. The van der Waals surface area contributed by atoms with Crippen LogP contribution >= 0.6 is 11.8 Å². The van der Waals surface area contributed by atoms with Crippen LogP contribution in [0.2, 0.25) is 0 Å². The highest BCUT2D eigenvalue weighted by atomic mass is 32.2. The Morgan fingerprint density at radius 2 is 2.29 bits per heavy atom. The number of hydrogen-bond donors (Lipinski definition) is 4. The van der Waals surface area contributed by atoms with Crippen molar-refractivity contribution in [1.29, 1.82) is 0 Å². The van der Waals surface area contributed by atoms with E-state index in [2.05, 4.69) is 20.5 Å². The van der Waals surface area contributed by atoms with Crippen LogP contribution in [0.1, 0.15) is 12.8 Å². The maximum absolute atomic E-state index is 11.3. The Kier molecular flexibility index (Phi) is 5.27. The quantitative estimate of drug-likeness (QED) is 0.381. The third kappa shape index (κ3) is 5.76. The molecule has 1 rings (SSSR count). The van der Waals surface area contributed by atoms with Crippen LogP contribution in [0.15, 0.2) is 5.16 Å². The first-order valence-corrected chi connectivity index (χ1v) is 5.85. The molecule has 0 aliphatic heterocycles. The van der Waals surface area contributed by atoms with Crippen LogP contribution in [0.25, 0.3) is 0 Å². The number of nitrogens with one attached hydrogen (secondary N) is 2. The van der Waals surface area contributed by atoms with E-state index in [-0.39, 0.29) is 24.0 Å². The van der Waals surface area contributed by atoms with Crippen LogP contribution in [0.3, 0.4) is 0 Å². The van der Waals surface area contributed by atoms with Gasteiger partial charge in [-0.05, 0) is 6.42 Å². The fraction of sp³-hybridized carbons (Fsp3) is 0.500. The molecular formula is C8H13N5O3S. The molecule has 0 fully saturated rings. The van der Waals surface area contributed by atoms with Crippen LogP contribution in [0.5, 0.6) is 0 Å². The molecule has 0 aliphatic rings. The highest BCUT2D eigenvalue weighted by Gasteiger charge is 2.06. The number of carboxylic acid groups (broad SMARTS) is 1. The number of carbonyl (C=O) groups is 2. The Balaban J connectivity index is 2.11. The highest BCUT2D eigenvalue weighted by molar-refractivity contribution is 7.99. The number of nitrogen functional groups attached to an aromatic ring is 1. The third-order valence-electron chi connectivity index (χ3n) is 1.70. The van der Waals surface area contributed by atoms with E-state index in [1.807, 2.05) is 0 Å². The number of carboxylic acids is 1. The summed E-state index contributed by atoms with van der Waals surface area (Å²) in [6.07, 6.45) is 0.463. The Morgan fingerprint density at radius 3 is 2.88 bits per heavy atom. The molecule has 1 heterocycles. The Morgan fingerprint density at radius 1 is 1.53 bits per heavy atom. The standard InChI is InChI=1S/C8H13N5O3S/c9-7-11-8(13-12-7)17-4-5(14)10-3-1-2-6(15)16/h1-4H2,(H,10,14)(H,15,16)(H3,9,11,12,13). The molecule has 0 saturated carbocycles. The molecule has 1 aromatic heterocycles. The zero-order valence-electron chi connectivity index (χ0n) is 8.97. The number of thioether (sulfide) groups is 1. The average molecular weight is 259 g/mol. The number of carbonyl (C=O) groups excluding carboxylic acids is 1. The fourth-order valence-electron chi connectivity index (χ4n) is 0.971. The minimum Gasteiger partial charge on any atom is -0.481 e. The summed E-state index contributed by atoms with van der Waals surface area (Å²) in [5.74, 6) is -0.687. The molecule has 0 bridgehead atoms. The molecule has 94 valence electrons. The lowest BCUT2D eigenvalue weighted by atomic mass is 10.3. The minimum atomic E-state index is -0.871. The maximum atomic E-state index is 11.3. The van der Waals surface area contributed by atoms with E-state index in [0.717, 1.165) is 11.8 Å². The van der Waals surface area contributed by atoms with E-state index in [1.165, 1.54) is 0 Å². The molecule has 0 aromatic carbocycles. The van der Waals surface area contributed by atoms with Gasteiger partial charge in [-0.2, -0.15) is 4.98 Å². The van der Waals surface area contributed by atoms with E-state index < -0.39 is 5.97 Å². The number of aliphatic carboxylic acids is 1. The van der Waals surface area contributed by atoms with Gasteiger partial charge in [0.05, 0.1) is 5.75 Å². The number of hydrogen-bond acceptors (Lipinski definition) is 6. The van der Waals surface area contributed by atoms with Crippen molar-refractivity contribution >= 4 is 29.6 Å². The number of rotatable bonds is 7. The molecule has 0 saturated heterocycles. The zero-order chi connectivity index (χ0) is 12.7. The largest absolute Gasteiger partial charge is 0.481 e. The summed E-state index contributed by atoms with van der Waals surface area (Å²) in [5.41, 5.74) is 5.31. The summed E-state index contributed by atoms with van der Waals surface area (Å²) in [7, 11) is 0. The second kappa shape index (κ2) is 6.74. The lowest BCUT2D eigenvalue weighted by molar-refractivity contribution is -0.137. The maximum Gasteiger partial charge on any atom is 0.303 e. The Bertz CT molecular complexity index is 394. The van der Waals surface area contributed by atoms with Gasteiger partial charge in [-0.25, -0.2) is 5.10 Å². The molecule has 5 N–H and O–H groups in total. The van der Waals surface area contributed by atoms with Gasteiger partial charge in [-0.15, -0.1) is 5.10 Å². The smallest absolute Gasteiger partial charge is 0.303 e. The first-order chi connectivity index (χ1) is 8.08. The summed E-state index contributed by atoms with van der Waals surface area (Å²) < 4.78 is 0. The Hall–Kier alpha value is -1.77. The van der Waals surface area contributed by atoms with Gasteiger partial charge in [-0.1, -0.05) is 11.8 Å². The average Bonchev–Trinajstić information content (AvgIpc) is 2.67. The zero-order valence-corrected chi connectivity index (χ0v) is 9.79. The molecule has 8 nitrogen and oxygen atoms in total. The van der Waals surface area contributed by atoms with Gasteiger partial charge in [0.25, 0.3) is 0 Å². The molecule has 0 unspecified atom stereocenters. The van der Waals surface area contributed by atoms with E-state index >= 15 is 0 Å². The third-order valence-corrected chi connectivity index (χ3v) is 2.55. The van der Waals surface area contributed by atoms with Gasteiger partial charge < -0.3 is 16.2 Å². The molecule has 9 heteroatoms. The normalized spacial score (nSPS) is 10.1. The first kappa shape index (κ1) is 13.3. The summed E-state index contributed by atoms with van der Waals surface area (Å²) >= 11 is 1.15. The Labute approximate surface area is 101 Å². The first-order valence-electron chi connectivity index (χ1n) is 4.87. The number of anilines is 1. The van der Waals surface area contributed by atoms with E-state index in [1.54, 1.807) is 0 Å².